The summed E-state index contributed by atoms with van der Waals surface area (Å²) in [6, 6.07) is 0. The van der Waals surface area contributed by atoms with E-state index >= 15 is 0 Å². The summed E-state index contributed by atoms with van der Waals surface area (Å²) in [6.45, 7) is 2.13. The number of rotatable bonds is 8. The van der Waals surface area contributed by atoms with Crippen LogP contribution in [0.15, 0.2) is 0 Å². The number of carbonyl (C=O) groups excluding carboxylic acids is 1. The number of halogens is 1. The second-order valence-electron chi connectivity index (χ2n) is 3.34. The summed E-state index contributed by atoms with van der Waals surface area (Å²) in [7, 11) is 0. The van der Waals surface area contributed by atoms with Gasteiger partial charge in [-0.05, 0) is 6.42 Å². The van der Waals surface area contributed by atoms with Crippen molar-refractivity contribution < 1.29 is 43.8 Å². The first kappa shape index (κ1) is 16.8. The van der Waals surface area contributed by atoms with Gasteiger partial charge in [-0.25, -0.2) is 4.39 Å². The predicted molar refractivity (Wildman–Crippen MR) is 47.9 cm³/mol. The Labute approximate surface area is 108 Å². The van der Waals surface area contributed by atoms with Gasteiger partial charge in [0.1, 0.15) is 6.17 Å². The summed E-state index contributed by atoms with van der Waals surface area (Å²) in [5.41, 5.74) is 0. The Morgan fingerprint density at radius 3 is 2.21 bits per heavy atom. The maximum atomic E-state index is 12.4. The van der Waals surface area contributed by atoms with E-state index in [1.807, 2.05) is 0 Å². The molecule has 0 aliphatic rings. The van der Waals surface area contributed by atoms with E-state index < -0.39 is 12.1 Å². The van der Waals surface area contributed by atoms with Crippen LogP contribution in [0.4, 0.5) is 4.39 Å². The van der Waals surface area contributed by atoms with Gasteiger partial charge in [-0.2, -0.15) is 0 Å². The second-order valence-corrected chi connectivity index (χ2v) is 3.34. The molecule has 0 heterocycles. The summed E-state index contributed by atoms with van der Waals surface area (Å²) in [6.07, 6.45) is 4.55. The smallest absolute Gasteiger partial charge is 0.547 e. The van der Waals surface area contributed by atoms with Crippen molar-refractivity contribution in [1.29, 1.82) is 0 Å². The fraction of sp³-hybridized carbons (Fsp3) is 0.900. The van der Waals surface area contributed by atoms with Crippen LogP contribution in [-0.4, -0.2) is 12.1 Å². The minimum Gasteiger partial charge on any atom is -0.547 e. The van der Waals surface area contributed by atoms with E-state index in [9.17, 15) is 14.3 Å². The zero-order valence-corrected chi connectivity index (χ0v) is 11.2. The van der Waals surface area contributed by atoms with Crippen LogP contribution in [0.25, 0.3) is 0 Å². The van der Waals surface area contributed by atoms with Gasteiger partial charge in [0.15, 0.2) is 0 Å². The summed E-state index contributed by atoms with van der Waals surface area (Å²) in [4.78, 5) is 9.98. The largest absolute Gasteiger partial charge is 1.00 e. The molecule has 1 atom stereocenters. The molecular formula is C10H18FNaO2. The molecule has 0 radical (unpaired) electrons. The Balaban J connectivity index is 0. The Hall–Kier alpha value is 0.400. The number of alkyl halides is 1. The Morgan fingerprint density at radius 1 is 1.21 bits per heavy atom. The Bertz CT molecular complexity index is 142. The van der Waals surface area contributed by atoms with E-state index in [0.29, 0.717) is 6.42 Å². The number of hydrogen-bond donors (Lipinski definition) is 0. The van der Waals surface area contributed by atoms with E-state index in [2.05, 4.69) is 6.92 Å². The van der Waals surface area contributed by atoms with E-state index in [0.717, 1.165) is 12.8 Å². The zero-order chi connectivity index (χ0) is 10.1. The van der Waals surface area contributed by atoms with E-state index in [4.69, 9.17) is 0 Å². The van der Waals surface area contributed by atoms with Crippen LogP contribution in [0.5, 0.6) is 0 Å². The van der Waals surface area contributed by atoms with Crippen LogP contribution >= 0.6 is 0 Å². The van der Waals surface area contributed by atoms with Crippen molar-refractivity contribution in [3.05, 3.63) is 0 Å². The van der Waals surface area contributed by atoms with Gasteiger partial charge >= 0.3 is 29.6 Å². The molecule has 0 spiro atoms. The Morgan fingerprint density at radius 2 is 1.71 bits per heavy atom. The first-order chi connectivity index (χ1) is 6.18. The van der Waals surface area contributed by atoms with Gasteiger partial charge in [0.05, 0.1) is 5.97 Å². The van der Waals surface area contributed by atoms with Crippen LogP contribution in [0.2, 0.25) is 0 Å². The zero-order valence-electron chi connectivity index (χ0n) is 9.22. The van der Waals surface area contributed by atoms with Crippen LogP contribution in [-0.2, 0) is 4.79 Å². The molecule has 0 rings (SSSR count). The molecule has 0 bridgehead atoms. The molecule has 14 heavy (non-hydrogen) atoms. The quantitative estimate of drug-likeness (QED) is 0.376. The first-order valence-corrected chi connectivity index (χ1v) is 5.03. The second kappa shape index (κ2) is 11.5. The third-order valence-electron chi connectivity index (χ3n) is 2.07. The van der Waals surface area contributed by atoms with Crippen molar-refractivity contribution in [2.75, 3.05) is 0 Å². The van der Waals surface area contributed by atoms with Gasteiger partial charge in [0, 0.05) is 0 Å². The van der Waals surface area contributed by atoms with E-state index in [1.54, 1.807) is 0 Å². The fourth-order valence-corrected chi connectivity index (χ4v) is 1.22. The number of carbonyl (C=O) groups is 1. The summed E-state index contributed by atoms with van der Waals surface area (Å²) in [5.74, 6) is -1.58. The molecular weight excluding hydrogens is 194 g/mol. The molecule has 0 saturated carbocycles. The van der Waals surface area contributed by atoms with Crippen molar-refractivity contribution in [1.82, 2.24) is 0 Å². The number of aliphatic carboxylic acids is 1. The normalized spacial score (nSPS) is 11.9. The molecule has 0 amide bonds. The van der Waals surface area contributed by atoms with Crippen LogP contribution in [0.3, 0.4) is 0 Å². The molecule has 0 fully saturated rings. The molecule has 0 saturated heterocycles. The van der Waals surface area contributed by atoms with Crippen LogP contribution < -0.4 is 34.7 Å². The topological polar surface area (TPSA) is 40.1 Å². The summed E-state index contributed by atoms with van der Waals surface area (Å²) in [5, 5.41) is 9.98. The SMILES string of the molecule is CCCCCCCCC(F)C(=O)[O-].[Na+]. The van der Waals surface area contributed by atoms with Crippen molar-refractivity contribution in [2.45, 2.75) is 58.0 Å². The van der Waals surface area contributed by atoms with Gasteiger partial charge in [0.2, 0.25) is 0 Å². The van der Waals surface area contributed by atoms with Crippen molar-refractivity contribution in [2.24, 2.45) is 0 Å². The molecule has 1 unspecified atom stereocenters. The monoisotopic (exact) mass is 212 g/mol. The maximum Gasteiger partial charge on any atom is 1.00 e. The third kappa shape index (κ3) is 10.5. The molecule has 0 aliphatic carbocycles. The number of carboxylic acids is 1. The molecule has 2 nitrogen and oxygen atoms in total. The molecule has 0 aromatic rings. The number of hydrogen-bond acceptors (Lipinski definition) is 2. The summed E-state index contributed by atoms with van der Waals surface area (Å²) >= 11 is 0. The molecule has 0 aliphatic heterocycles. The van der Waals surface area contributed by atoms with Crippen molar-refractivity contribution in [3.8, 4) is 0 Å². The van der Waals surface area contributed by atoms with E-state index in [-0.39, 0.29) is 36.0 Å². The summed E-state index contributed by atoms with van der Waals surface area (Å²) < 4.78 is 12.4. The van der Waals surface area contributed by atoms with Crippen LogP contribution in [0.1, 0.15) is 51.9 Å². The van der Waals surface area contributed by atoms with Gasteiger partial charge < -0.3 is 9.90 Å². The molecule has 4 heteroatoms. The van der Waals surface area contributed by atoms with Gasteiger partial charge in [-0.3, -0.25) is 0 Å². The third-order valence-corrected chi connectivity index (χ3v) is 2.07. The number of unbranched alkanes of at least 4 members (excludes halogenated alkanes) is 5. The van der Waals surface area contributed by atoms with Crippen molar-refractivity contribution in [3.63, 3.8) is 0 Å². The number of carboxylic acid groups (broad SMARTS) is 1. The van der Waals surface area contributed by atoms with Gasteiger partial charge in [0.25, 0.3) is 0 Å². The maximum absolute atomic E-state index is 12.4. The average molecular weight is 212 g/mol. The standard InChI is InChI=1S/C10H19FO2.Na/c1-2-3-4-5-6-7-8-9(11)10(12)13;/h9H,2-8H2,1H3,(H,12,13);/q;+1/p-1. The molecule has 0 aromatic carbocycles. The fourth-order valence-electron chi connectivity index (χ4n) is 1.22. The molecule has 0 aromatic heterocycles. The molecule has 0 N–H and O–H groups in total. The Kier molecular flexibility index (Phi) is 13.8. The minimum absolute atomic E-state index is 0. The average Bonchev–Trinajstić information content (AvgIpc) is 2.10. The minimum atomic E-state index is -1.77. The predicted octanol–water partition coefficient (Wildman–Crippen LogP) is -1.17. The van der Waals surface area contributed by atoms with Gasteiger partial charge in [-0.1, -0.05) is 45.4 Å². The van der Waals surface area contributed by atoms with Crippen molar-refractivity contribution >= 4 is 5.97 Å². The van der Waals surface area contributed by atoms with Gasteiger partial charge in [-0.15, -0.1) is 0 Å². The van der Waals surface area contributed by atoms with E-state index in [1.165, 1.54) is 19.3 Å². The molecule has 78 valence electrons. The van der Waals surface area contributed by atoms with Crippen LogP contribution in [0, 0.1) is 0 Å². The first-order valence-electron chi connectivity index (χ1n) is 5.03.